The second-order valence-corrected chi connectivity index (χ2v) is 5.37. The summed E-state index contributed by atoms with van der Waals surface area (Å²) >= 11 is 6.65. The van der Waals surface area contributed by atoms with Crippen LogP contribution in [-0.4, -0.2) is 0 Å². The number of anilines is 1. The molecule has 1 aromatic heterocycles. The summed E-state index contributed by atoms with van der Waals surface area (Å²) in [6.45, 7) is 2.45. The van der Waals surface area contributed by atoms with Crippen molar-refractivity contribution in [1.82, 2.24) is 0 Å². The van der Waals surface area contributed by atoms with Crippen LogP contribution >= 0.6 is 31.9 Å². The standard InChI is InChI=1S/C13H10Br2N2O/c1-8-3-2-4-12(10(8)6-16)17-7-9-5-11(14)13(15)18-9/h2-5,17H,7H2,1H3. The number of halogens is 2. The average molecular weight is 370 g/mol. The van der Waals surface area contributed by atoms with Crippen LogP contribution < -0.4 is 5.32 Å². The zero-order chi connectivity index (χ0) is 13.1. The maximum absolute atomic E-state index is 9.12. The van der Waals surface area contributed by atoms with Crippen LogP contribution in [0.5, 0.6) is 0 Å². The maximum Gasteiger partial charge on any atom is 0.183 e. The van der Waals surface area contributed by atoms with E-state index in [-0.39, 0.29) is 0 Å². The number of furan rings is 1. The molecule has 1 N–H and O–H groups in total. The summed E-state index contributed by atoms with van der Waals surface area (Å²) in [6, 6.07) is 9.82. The summed E-state index contributed by atoms with van der Waals surface area (Å²) in [5.41, 5.74) is 2.45. The molecule has 1 heterocycles. The lowest BCUT2D eigenvalue weighted by Gasteiger charge is -2.08. The first kappa shape index (κ1) is 13.2. The third-order valence-electron chi connectivity index (χ3n) is 2.53. The van der Waals surface area contributed by atoms with Crippen LogP contribution in [0.15, 0.2) is 37.8 Å². The predicted molar refractivity (Wildman–Crippen MR) is 77.3 cm³/mol. The van der Waals surface area contributed by atoms with Gasteiger partial charge in [0, 0.05) is 0 Å². The summed E-state index contributed by atoms with van der Waals surface area (Å²) in [4.78, 5) is 0. The van der Waals surface area contributed by atoms with Crippen molar-refractivity contribution >= 4 is 37.5 Å². The molecule has 18 heavy (non-hydrogen) atoms. The Labute approximate surface area is 122 Å². The zero-order valence-electron chi connectivity index (χ0n) is 9.63. The van der Waals surface area contributed by atoms with Crippen molar-refractivity contribution in [1.29, 1.82) is 5.26 Å². The number of aryl methyl sites for hydroxylation is 1. The molecule has 1 aromatic carbocycles. The Morgan fingerprint density at radius 2 is 2.17 bits per heavy atom. The van der Waals surface area contributed by atoms with Gasteiger partial charge in [0.2, 0.25) is 0 Å². The minimum atomic E-state index is 0.530. The van der Waals surface area contributed by atoms with Crippen molar-refractivity contribution in [2.45, 2.75) is 13.5 Å². The highest BCUT2D eigenvalue weighted by molar-refractivity contribution is 9.13. The number of hydrogen-bond donors (Lipinski definition) is 1. The van der Waals surface area contributed by atoms with E-state index in [2.05, 4.69) is 43.2 Å². The van der Waals surface area contributed by atoms with E-state index in [4.69, 9.17) is 9.68 Å². The first-order valence-electron chi connectivity index (χ1n) is 5.29. The number of nitriles is 1. The molecule has 0 unspecified atom stereocenters. The van der Waals surface area contributed by atoms with Gasteiger partial charge in [-0.15, -0.1) is 0 Å². The van der Waals surface area contributed by atoms with E-state index < -0.39 is 0 Å². The molecule has 0 aliphatic heterocycles. The number of rotatable bonds is 3. The fraction of sp³-hybridized carbons (Fsp3) is 0.154. The third kappa shape index (κ3) is 2.77. The zero-order valence-corrected chi connectivity index (χ0v) is 12.8. The molecule has 0 fully saturated rings. The van der Waals surface area contributed by atoms with Crippen LogP contribution in [0, 0.1) is 18.3 Å². The molecule has 5 heteroatoms. The van der Waals surface area contributed by atoms with Crippen LogP contribution in [0.1, 0.15) is 16.9 Å². The van der Waals surface area contributed by atoms with Crippen LogP contribution in [0.2, 0.25) is 0 Å². The van der Waals surface area contributed by atoms with Gasteiger partial charge in [0.1, 0.15) is 11.8 Å². The van der Waals surface area contributed by atoms with Gasteiger partial charge in [0.25, 0.3) is 0 Å². The Hall–Kier alpha value is -1.25. The molecule has 2 aromatic rings. The Morgan fingerprint density at radius 1 is 1.39 bits per heavy atom. The molecule has 2 rings (SSSR count). The van der Waals surface area contributed by atoms with E-state index in [1.165, 1.54) is 0 Å². The Balaban J connectivity index is 2.16. The highest BCUT2D eigenvalue weighted by Gasteiger charge is 2.08. The molecular formula is C13H10Br2N2O. The van der Waals surface area contributed by atoms with Crippen LogP contribution in [-0.2, 0) is 6.54 Å². The van der Waals surface area contributed by atoms with Gasteiger partial charge >= 0.3 is 0 Å². The lowest BCUT2D eigenvalue weighted by molar-refractivity contribution is 0.494. The lowest BCUT2D eigenvalue weighted by atomic mass is 10.1. The number of nitrogens with zero attached hydrogens (tertiary/aromatic N) is 1. The molecule has 0 bridgehead atoms. The molecule has 0 radical (unpaired) electrons. The van der Waals surface area contributed by atoms with Gasteiger partial charge in [-0.2, -0.15) is 5.26 Å². The summed E-state index contributed by atoms with van der Waals surface area (Å²) in [6.07, 6.45) is 0. The number of benzene rings is 1. The minimum Gasteiger partial charge on any atom is -0.451 e. The van der Waals surface area contributed by atoms with Gasteiger partial charge in [0.15, 0.2) is 4.67 Å². The highest BCUT2D eigenvalue weighted by Crippen LogP contribution is 2.27. The fourth-order valence-electron chi connectivity index (χ4n) is 1.62. The predicted octanol–water partition coefficient (Wildman–Crippen LogP) is 4.60. The van der Waals surface area contributed by atoms with Crippen molar-refractivity contribution in [3.63, 3.8) is 0 Å². The molecule has 3 nitrogen and oxygen atoms in total. The monoisotopic (exact) mass is 368 g/mol. The van der Waals surface area contributed by atoms with E-state index >= 15 is 0 Å². The summed E-state index contributed by atoms with van der Waals surface area (Å²) in [7, 11) is 0. The van der Waals surface area contributed by atoms with Crippen LogP contribution in [0.4, 0.5) is 5.69 Å². The number of nitrogens with one attached hydrogen (secondary N) is 1. The smallest absolute Gasteiger partial charge is 0.183 e. The molecular weight excluding hydrogens is 360 g/mol. The van der Waals surface area contributed by atoms with E-state index in [1.54, 1.807) is 0 Å². The molecule has 0 aliphatic carbocycles. The first-order chi connectivity index (χ1) is 8.61. The first-order valence-corrected chi connectivity index (χ1v) is 6.87. The molecule has 0 atom stereocenters. The quantitative estimate of drug-likeness (QED) is 0.860. The Bertz CT molecular complexity index is 594. The Morgan fingerprint density at radius 3 is 2.78 bits per heavy atom. The van der Waals surface area contributed by atoms with Crippen molar-refractivity contribution < 1.29 is 4.42 Å². The van der Waals surface area contributed by atoms with Gasteiger partial charge in [-0.05, 0) is 56.5 Å². The highest BCUT2D eigenvalue weighted by atomic mass is 79.9. The van der Waals surface area contributed by atoms with E-state index in [9.17, 15) is 0 Å². The topological polar surface area (TPSA) is 49.0 Å². The summed E-state index contributed by atoms with van der Waals surface area (Å²) < 4.78 is 7.01. The van der Waals surface area contributed by atoms with Crippen molar-refractivity contribution in [3.05, 3.63) is 50.3 Å². The third-order valence-corrected chi connectivity index (χ3v) is 4.24. The fourth-order valence-corrected chi connectivity index (χ4v) is 2.28. The Kier molecular flexibility index (Phi) is 4.10. The van der Waals surface area contributed by atoms with E-state index in [1.807, 2.05) is 31.2 Å². The normalized spacial score (nSPS) is 10.1. The SMILES string of the molecule is Cc1cccc(NCc2cc(Br)c(Br)o2)c1C#N. The van der Waals surface area contributed by atoms with Crippen molar-refractivity contribution in [3.8, 4) is 6.07 Å². The van der Waals surface area contributed by atoms with Crippen LogP contribution in [0.3, 0.4) is 0 Å². The van der Waals surface area contributed by atoms with E-state index in [0.29, 0.717) is 16.8 Å². The molecule has 0 spiro atoms. The van der Waals surface area contributed by atoms with Crippen LogP contribution in [0.25, 0.3) is 0 Å². The molecule has 0 aliphatic rings. The number of hydrogen-bond acceptors (Lipinski definition) is 3. The molecule has 0 saturated carbocycles. The maximum atomic E-state index is 9.12. The second-order valence-electron chi connectivity index (χ2n) is 3.80. The van der Waals surface area contributed by atoms with E-state index in [0.717, 1.165) is 21.5 Å². The average Bonchev–Trinajstić information content (AvgIpc) is 2.66. The molecule has 0 amide bonds. The second kappa shape index (κ2) is 5.59. The largest absolute Gasteiger partial charge is 0.451 e. The van der Waals surface area contributed by atoms with Gasteiger partial charge in [-0.25, -0.2) is 0 Å². The van der Waals surface area contributed by atoms with Gasteiger partial charge in [0.05, 0.1) is 22.3 Å². The van der Waals surface area contributed by atoms with Crippen molar-refractivity contribution in [2.75, 3.05) is 5.32 Å². The van der Waals surface area contributed by atoms with Gasteiger partial charge < -0.3 is 9.73 Å². The van der Waals surface area contributed by atoms with Gasteiger partial charge in [-0.3, -0.25) is 0 Å². The van der Waals surface area contributed by atoms with Crippen molar-refractivity contribution in [2.24, 2.45) is 0 Å². The summed E-state index contributed by atoms with van der Waals surface area (Å²) in [5, 5.41) is 12.3. The molecule has 92 valence electrons. The van der Waals surface area contributed by atoms with Gasteiger partial charge in [-0.1, -0.05) is 12.1 Å². The minimum absolute atomic E-state index is 0.530. The lowest BCUT2D eigenvalue weighted by Crippen LogP contribution is -2.01. The summed E-state index contributed by atoms with van der Waals surface area (Å²) in [5.74, 6) is 0.791. The molecule has 0 saturated heterocycles.